The molecular formula is C13H15F2NO4. The lowest BCUT2D eigenvalue weighted by Crippen LogP contribution is -2.44. The molecule has 1 aromatic rings. The molecule has 1 unspecified atom stereocenters. The fraction of sp³-hybridized carbons (Fsp3) is 0.385. The summed E-state index contributed by atoms with van der Waals surface area (Å²) in [5.74, 6) is -1.51. The molecule has 0 aromatic heterocycles. The van der Waals surface area contributed by atoms with Crippen LogP contribution in [-0.4, -0.2) is 30.1 Å². The normalized spacial score (nSPS) is 12.3. The number of hydrogen-bond acceptors (Lipinski definition) is 3. The Morgan fingerprint density at radius 3 is 2.20 bits per heavy atom. The highest BCUT2D eigenvalue weighted by molar-refractivity contribution is 5.88. The van der Waals surface area contributed by atoms with Gasteiger partial charge >= 0.3 is 12.6 Å². The van der Waals surface area contributed by atoms with Crippen LogP contribution in [0.5, 0.6) is 5.75 Å². The van der Waals surface area contributed by atoms with Crippen molar-refractivity contribution >= 4 is 18.1 Å². The molecule has 1 amide bonds. The van der Waals surface area contributed by atoms with E-state index in [2.05, 4.69) is 4.74 Å². The van der Waals surface area contributed by atoms with Crippen LogP contribution in [0, 0.1) is 5.92 Å². The van der Waals surface area contributed by atoms with Gasteiger partial charge in [0.05, 0.1) is 0 Å². The molecule has 5 nitrogen and oxygen atoms in total. The van der Waals surface area contributed by atoms with Crippen molar-refractivity contribution in [3.05, 3.63) is 24.3 Å². The van der Waals surface area contributed by atoms with E-state index in [1.54, 1.807) is 13.8 Å². The van der Waals surface area contributed by atoms with Crippen LogP contribution in [0.25, 0.3) is 0 Å². The van der Waals surface area contributed by atoms with Crippen molar-refractivity contribution in [2.24, 2.45) is 5.92 Å². The van der Waals surface area contributed by atoms with E-state index >= 15 is 0 Å². The maximum absolute atomic E-state index is 12.0. The van der Waals surface area contributed by atoms with Gasteiger partial charge in [0.1, 0.15) is 11.8 Å². The van der Waals surface area contributed by atoms with Crippen LogP contribution >= 0.6 is 0 Å². The highest BCUT2D eigenvalue weighted by atomic mass is 19.3. The second-order valence-electron chi connectivity index (χ2n) is 4.41. The second kappa shape index (κ2) is 6.83. The highest BCUT2D eigenvalue weighted by Gasteiger charge is 2.28. The van der Waals surface area contributed by atoms with E-state index in [1.165, 1.54) is 24.3 Å². The number of anilines is 1. The molecule has 110 valence electrons. The summed E-state index contributed by atoms with van der Waals surface area (Å²) in [5, 5.41) is 9.16. The zero-order valence-electron chi connectivity index (χ0n) is 11.0. The number of carboxylic acid groups (broad SMARTS) is 1. The molecule has 0 aliphatic carbocycles. The van der Waals surface area contributed by atoms with Gasteiger partial charge in [-0.2, -0.15) is 8.78 Å². The van der Waals surface area contributed by atoms with Gasteiger partial charge in [0.15, 0.2) is 0 Å². The Morgan fingerprint density at radius 1 is 1.30 bits per heavy atom. The van der Waals surface area contributed by atoms with Gasteiger partial charge in [-0.05, 0) is 30.2 Å². The minimum absolute atomic E-state index is 0.0639. The fourth-order valence-corrected chi connectivity index (χ4v) is 1.81. The Hall–Kier alpha value is -2.18. The molecule has 1 atom stereocenters. The van der Waals surface area contributed by atoms with Crippen molar-refractivity contribution in [2.75, 3.05) is 4.90 Å². The number of ether oxygens (including phenoxy) is 1. The summed E-state index contributed by atoms with van der Waals surface area (Å²) in [6.07, 6.45) is 0.405. The van der Waals surface area contributed by atoms with Gasteiger partial charge in [-0.3, -0.25) is 4.79 Å². The number of rotatable bonds is 7. The van der Waals surface area contributed by atoms with Gasteiger partial charge in [-0.25, -0.2) is 4.79 Å². The van der Waals surface area contributed by atoms with E-state index in [1.807, 2.05) is 0 Å². The predicted octanol–water partition coefficient (Wildman–Crippen LogP) is 2.36. The summed E-state index contributed by atoms with van der Waals surface area (Å²) < 4.78 is 28.2. The topological polar surface area (TPSA) is 66.8 Å². The van der Waals surface area contributed by atoms with Crippen LogP contribution in [0.2, 0.25) is 0 Å². The first kappa shape index (κ1) is 15.9. The first-order valence-corrected chi connectivity index (χ1v) is 5.88. The molecule has 0 saturated carbocycles. The summed E-state index contributed by atoms with van der Waals surface area (Å²) in [4.78, 5) is 23.4. The molecule has 1 aromatic carbocycles. The van der Waals surface area contributed by atoms with Crippen LogP contribution in [0.1, 0.15) is 13.8 Å². The molecule has 0 fully saturated rings. The summed E-state index contributed by atoms with van der Waals surface area (Å²) in [7, 11) is 0. The van der Waals surface area contributed by atoms with Crippen molar-refractivity contribution in [1.82, 2.24) is 0 Å². The Morgan fingerprint density at radius 2 is 1.85 bits per heavy atom. The number of carbonyl (C=O) groups is 2. The Kier molecular flexibility index (Phi) is 5.42. The van der Waals surface area contributed by atoms with Crippen molar-refractivity contribution in [3.63, 3.8) is 0 Å². The molecule has 7 heteroatoms. The molecule has 0 heterocycles. The van der Waals surface area contributed by atoms with Crippen LogP contribution in [0.15, 0.2) is 24.3 Å². The number of carboxylic acids is 1. The Bertz CT molecular complexity index is 462. The zero-order chi connectivity index (χ0) is 15.3. The van der Waals surface area contributed by atoms with E-state index in [0.717, 1.165) is 4.90 Å². The average Bonchev–Trinajstić information content (AvgIpc) is 2.35. The summed E-state index contributed by atoms with van der Waals surface area (Å²) >= 11 is 0. The molecular weight excluding hydrogens is 272 g/mol. The molecule has 0 radical (unpaired) electrons. The SMILES string of the molecule is CC(C)C(C(=O)O)N(C=O)c1ccc(OC(F)F)cc1. The minimum Gasteiger partial charge on any atom is -0.480 e. The van der Waals surface area contributed by atoms with Crippen LogP contribution in [0.4, 0.5) is 14.5 Å². The van der Waals surface area contributed by atoms with E-state index < -0.39 is 18.6 Å². The largest absolute Gasteiger partial charge is 0.480 e. The number of benzene rings is 1. The molecule has 0 saturated heterocycles. The minimum atomic E-state index is -2.94. The van der Waals surface area contributed by atoms with Gasteiger partial charge < -0.3 is 14.7 Å². The number of amides is 1. The third-order valence-electron chi connectivity index (χ3n) is 2.66. The number of alkyl halides is 2. The van der Waals surface area contributed by atoms with Crippen LogP contribution in [-0.2, 0) is 9.59 Å². The predicted molar refractivity (Wildman–Crippen MR) is 67.9 cm³/mol. The van der Waals surface area contributed by atoms with E-state index in [4.69, 9.17) is 5.11 Å². The molecule has 0 spiro atoms. The summed E-state index contributed by atoms with van der Waals surface area (Å²) in [6.45, 7) is 0.401. The first-order chi connectivity index (χ1) is 9.36. The maximum Gasteiger partial charge on any atom is 0.387 e. The standard InChI is InChI=1S/C13H15F2NO4/c1-8(2)11(12(18)19)16(7-17)9-3-5-10(6-4-9)20-13(14)15/h3-8,11,13H,1-2H3,(H,18,19). The molecule has 0 aliphatic heterocycles. The summed E-state index contributed by atoms with van der Waals surface area (Å²) in [6, 6.07) is 4.16. The maximum atomic E-state index is 12.0. The second-order valence-corrected chi connectivity index (χ2v) is 4.41. The smallest absolute Gasteiger partial charge is 0.387 e. The van der Waals surface area contributed by atoms with Crippen molar-refractivity contribution < 1.29 is 28.2 Å². The van der Waals surface area contributed by atoms with Gasteiger partial charge in [0.25, 0.3) is 0 Å². The van der Waals surface area contributed by atoms with E-state index in [9.17, 15) is 18.4 Å². The summed E-state index contributed by atoms with van der Waals surface area (Å²) in [5.41, 5.74) is 0.294. The fourth-order valence-electron chi connectivity index (χ4n) is 1.81. The molecule has 20 heavy (non-hydrogen) atoms. The van der Waals surface area contributed by atoms with Crippen molar-refractivity contribution in [1.29, 1.82) is 0 Å². The van der Waals surface area contributed by atoms with Crippen LogP contribution in [0.3, 0.4) is 0 Å². The van der Waals surface area contributed by atoms with Crippen LogP contribution < -0.4 is 9.64 Å². The third kappa shape index (κ3) is 3.91. The molecule has 0 aliphatic rings. The van der Waals surface area contributed by atoms with Crippen molar-refractivity contribution in [3.8, 4) is 5.75 Å². The number of aliphatic carboxylic acids is 1. The monoisotopic (exact) mass is 287 g/mol. The number of carbonyl (C=O) groups excluding carboxylic acids is 1. The van der Waals surface area contributed by atoms with Gasteiger partial charge in [-0.15, -0.1) is 0 Å². The Labute approximate surface area is 114 Å². The lowest BCUT2D eigenvalue weighted by Gasteiger charge is -2.27. The lowest BCUT2D eigenvalue weighted by molar-refractivity contribution is -0.140. The first-order valence-electron chi connectivity index (χ1n) is 5.88. The molecule has 1 N–H and O–H groups in total. The number of nitrogens with zero attached hydrogens (tertiary/aromatic N) is 1. The number of hydrogen-bond donors (Lipinski definition) is 1. The molecule has 1 rings (SSSR count). The lowest BCUT2D eigenvalue weighted by atomic mass is 10.0. The van der Waals surface area contributed by atoms with Gasteiger partial charge in [0.2, 0.25) is 6.41 Å². The molecule has 0 bridgehead atoms. The van der Waals surface area contributed by atoms with Gasteiger partial charge in [0, 0.05) is 5.69 Å². The number of halogens is 2. The third-order valence-corrected chi connectivity index (χ3v) is 2.66. The Balaban J connectivity index is 3.00. The van der Waals surface area contributed by atoms with Crippen molar-refractivity contribution in [2.45, 2.75) is 26.5 Å². The van der Waals surface area contributed by atoms with E-state index in [0.29, 0.717) is 12.1 Å². The quantitative estimate of drug-likeness (QED) is 0.782. The van der Waals surface area contributed by atoms with Gasteiger partial charge in [-0.1, -0.05) is 13.8 Å². The zero-order valence-corrected chi connectivity index (χ0v) is 11.0. The highest BCUT2D eigenvalue weighted by Crippen LogP contribution is 2.23. The van der Waals surface area contributed by atoms with E-state index in [-0.39, 0.29) is 11.7 Å². The average molecular weight is 287 g/mol.